The number of ether oxygens (including phenoxy) is 1. The molecule has 162 valence electrons. The highest BCUT2D eigenvalue weighted by Crippen LogP contribution is 2.29. The number of anilines is 1. The molecule has 30 heavy (non-hydrogen) atoms. The van der Waals surface area contributed by atoms with Gasteiger partial charge in [-0.2, -0.15) is 0 Å². The van der Waals surface area contributed by atoms with Crippen molar-refractivity contribution in [2.75, 3.05) is 5.73 Å². The number of carbonyl (C=O) groups is 1. The van der Waals surface area contributed by atoms with Crippen molar-refractivity contribution in [2.45, 2.75) is 65.0 Å². The van der Waals surface area contributed by atoms with Gasteiger partial charge in [-0.1, -0.05) is 25.4 Å². The fourth-order valence-electron chi connectivity index (χ4n) is 2.98. The second-order valence-electron chi connectivity index (χ2n) is 8.54. The molecular formula is C21H28ClN5O2S. The molecule has 2 heterocycles. The molecule has 9 heteroatoms. The van der Waals surface area contributed by atoms with E-state index in [1.54, 1.807) is 12.1 Å². The van der Waals surface area contributed by atoms with E-state index in [0.29, 0.717) is 34.6 Å². The van der Waals surface area contributed by atoms with E-state index in [1.807, 2.05) is 26.8 Å². The SMILES string of the molecule is CC(C)c1nc(CC[C@H](NC(=O)OC(C)(C)C)c2nc3cc(Cl)ccc3[nH]2)c(N)s1. The standard InChI is InChI=1S/C21H28ClN5O2S/c1-11(2)19-26-14(17(23)30-19)8-9-15(27-20(28)29-21(3,4)5)18-24-13-7-6-12(22)10-16(13)25-18/h6-7,10-11,15H,8-9,23H2,1-5H3,(H,24,25)(H,27,28)/t15-/m0/s1. The van der Waals surface area contributed by atoms with Crippen molar-refractivity contribution in [3.63, 3.8) is 0 Å². The Hall–Kier alpha value is -2.32. The van der Waals surface area contributed by atoms with Gasteiger partial charge in [0.05, 0.1) is 27.8 Å². The van der Waals surface area contributed by atoms with Gasteiger partial charge >= 0.3 is 6.09 Å². The van der Waals surface area contributed by atoms with Crippen LogP contribution in [0.5, 0.6) is 0 Å². The second-order valence-corrected chi connectivity index (χ2v) is 10.0. The first kappa shape index (κ1) is 22.4. The predicted octanol–water partition coefficient (Wildman–Crippen LogP) is 5.58. The number of H-pyrrole nitrogens is 1. The number of benzene rings is 1. The highest BCUT2D eigenvalue weighted by Gasteiger charge is 2.24. The van der Waals surface area contributed by atoms with Crippen molar-refractivity contribution >= 4 is 45.1 Å². The molecule has 1 atom stereocenters. The van der Waals surface area contributed by atoms with Crippen molar-refractivity contribution in [3.05, 3.63) is 39.7 Å². The zero-order chi connectivity index (χ0) is 22.1. The molecule has 1 amide bonds. The Balaban J connectivity index is 1.83. The number of aryl methyl sites for hydroxylation is 1. The number of halogens is 1. The molecular weight excluding hydrogens is 422 g/mol. The van der Waals surface area contributed by atoms with Gasteiger partial charge in [0.25, 0.3) is 0 Å². The highest BCUT2D eigenvalue weighted by molar-refractivity contribution is 7.15. The van der Waals surface area contributed by atoms with E-state index in [4.69, 9.17) is 22.1 Å². The molecule has 0 aliphatic rings. The summed E-state index contributed by atoms with van der Waals surface area (Å²) in [5, 5.41) is 5.26. The summed E-state index contributed by atoms with van der Waals surface area (Å²) in [5.74, 6) is 0.956. The second kappa shape index (κ2) is 8.81. The average molecular weight is 450 g/mol. The fraction of sp³-hybridized carbons (Fsp3) is 0.476. The van der Waals surface area contributed by atoms with Gasteiger partial charge in [0.1, 0.15) is 16.4 Å². The van der Waals surface area contributed by atoms with Crippen molar-refractivity contribution in [1.29, 1.82) is 0 Å². The molecule has 3 aromatic rings. The van der Waals surface area contributed by atoms with Crippen LogP contribution in [0.25, 0.3) is 11.0 Å². The fourth-order valence-corrected chi connectivity index (χ4v) is 4.03. The smallest absolute Gasteiger partial charge is 0.408 e. The molecule has 7 nitrogen and oxygen atoms in total. The van der Waals surface area contributed by atoms with Crippen LogP contribution in [-0.4, -0.2) is 26.6 Å². The lowest BCUT2D eigenvalue weighted by Crippen LogP contribution is -2.35. The minimum Gasteiger partial charge on any atom is -0.444 e. The monoisotopic (exact) mass is 449 g/mol. The van der Waals surface area contributed by atoms with Crippen molar-refractivity contribution < 1.29 is 9.53 Å². The summed E-state index contributed by atoms with van der Waals surface area (Å²) >= 11 is 7.60. The van der Waals surface area contributed by atoms with Crippen molar-refractivity contribution in [1.82, 2.24) is 20.3 Å². The summed E-state index contributed by atoms with van der Waals surface area (Å²) in [6.07, 6.45) is 0.672. The number of thiazole rings is 1. The number of alkyl carbamates (subject to hydrolysis) is 1. The number of amides is 1. The number of nitrogens with one attached hydrogen (secondary N) is 2. The summed E-state index contributed by atoms with van der Waals surface area (Å²) < 4.78 is 5.44. The van der Waals surface area contributed by atoms with E-state index in [0.717, 1.165) is 21.7 Å². The molecule has 0 saturated carbocycles. The number of fused-ring (bicyclic) bond motifs is 1. The normalized spacial score (nSPS) is 13.0. The molecule has 3 rings (SSSR count). The lowest BCUT2D eigenvalue weighted by Gasteiger charge is -2.22. The van der Waals surface area contributed by atoms with E-state index in [1.165, 1.54) is 11.3 Å². The molecule has 1 aromatic carbocycles. The van der Waals surface area contributed by atoms with Gasteiger partial charge in [0.2, 0.25) is 0 Å². The molecule has 0 spiro atoms. The average Bonchev–Trinajstić information content (AvgIpc) is 3.20. The predicted molar refractivity (Wildman–Crippen MR) is 122 cm³/mol. The number of nitrogen functional groups attached to an aromatic ring is 1. The number of aromatic amines is 1. The highest BCUT2D eigenvalue weighted by atomic mass is 35.5. The Morgan fingerprint density at radius 2 is 2.07 bits per heavy atom. The van der Waals surface area contributed by atoms with Crippen LogP contribution in [0, 0.1) is 0 Å². The third-order valence-electron chi connectivity index (χ3n) is 4.39. The Morgan fingerprint density at radius 3 is 2.70 bits per heavy atom. The Bertz CT molecular complexity index is 1040. The van der Waals surface area contributed by atoms with E-state index in [2.05, 4.69) is 34.1 Å². The van der Waals surface area contributed by atoms with E-state index in [-0.39, 0.29) is 0 Å². The summed E-state index contributed by atoms with van der Waals surface area (Å²) in [6.45, 7) is 9.67. The molecule has 0 saturated heterocycles. The van der Waals surface area contributed by atoms with Gasteiger partial charge < -0.3 is 20.8 Å². The van der Waals surface area contributed by atoms with E-state index >= 15 is 0 Å². The van der Waals surface area contributed by atoms with Crippen LogP contribution in [-0.2, 0) is 11.2 Å². The number of aromatic nitrogens is 3. The number of rotatable bonds is 6. The first-order valence-corrected chi connectivity index (χ1v) is 11.1. The van der Waals surface area contributed by atoms with E-state index < -0.39 is 17.7 Å². The lowest BCUT2D eigenvalue weighted by atomic mass is 10.1. The number of hydrogen-bond acceptors (Lipinski definition) is 6. The van der Waals surface area contributed by atoms with E-state index in [9.17, 15) is 4.79 Å². The molecule has 0 aliphatic carbocycles. The van der Waals surface area contributed by atoms with Gasteiger partial charge in [-0.25, -0.2) is 14.8 Å². The maximum Gasteiger partial charge on any atom is 0.408 e. The van der Waals surface area contributed by atoms with Crippen molar-refractivity contribution in [2.24, 2.45) is 0 Å². The van der Waals surface area contributed by atoms with Crippen LogP contribution in [0.3, 0.4) is 0 Å². The van der Waals surface area contributed by atoms with Gasteiger partial charge in [-0.05, 0) is 51.8 Å². The minimum atomic E-state index is -0.596. The summed E-state index contributed by atoms with van der Waals surface area (Å²) in [4.78, 5) is 25.0. The molecule has 0 radical (unpaired) electrons. The first-order valence-electron chi connectivity index (χ1n) is 9.91. The quantitative estimate of drug-likeness (QED) is 0.455. The van der Waals surface area contributed by atoms with Gasteiger partial charge in [-0.15, -0.1) is 11.3 Å². The third kappa shape index (κ3) is 5.64. The molecule has 2 aromatic heterocycles. The number of carbonyl (C=O) groups excluding carboxylic acids is 1. The third-order valence-corrected chi connectivity index (χ3v) is 5.85. The maximum absolute atomic E-state index is 12.4. The largest absolute Gasteiger partial charge is 0.444 e. The zero-order valence-electron chi connectivity index (χ0n) is 17.9. The lowest BCUT2D eigenvalue weighted by molar-refractivity contribution is 0.0498. The molecule has 4 N–H and O–H groups in total. The van der Waals surface area contributed by atoms with Crippen LogP contribution < -0.4 is 11.1 Å². The zero-order valence-corrected chi connectivity index (χ0v) is 19.4. The number of hydrogen-bond donors (Lipinski definition) is 3. The number of nitrogens with two attached hydrogens (primary N) is 1. The summed E-state index contributed by atoms with van der Waals surface area (Å²) in [5.41, 5.74) is 8.01. The number of imidazole rings is 1. The Morgan fingerprint density at radius 1 is 1.33 bits per heavy atom. The number of nitrogens with zero attached hydrogens (tertiary/aromatic N) is 2. The van der Waals surface area contributed by atoms with Crippen LogP contribution in [0.2, 0.25) is 5.02 Å². The summed E-state index contributed by atoms with van der Waals surface area (Å²) in [6, 6.07) is 5.06. The Labute approximate surface area is 185 Å². The van der Waals surface area contributed by atoms with Crippen molar-refractivity contribution in [3.8, 4) is 0 Å². The summed E-state index contributed by atoms with van der Waals surface area (Å²) in [7, 11) is 0. The van der Waals surface area contributed by atoms with Crippen LogP contribution in [0.1, 0.15) is 69.5 Å². The van der Waals surface area contributed by atoms with Crippen LogP contribution in [0.4, 0.5) is 9.80 Å². The van der Waals surface area contributed by atoms with Crippen LogP contribution >= 0.6 is 22.9 Å². The molecule has 0 fully saturated rings. The molecule has 0 bridgehead atoms. The van der Waals surface area contributed by atoms with Gasteiger partial charge in [0, 0.05) is 10.9 Å². The minimum absolute atomic E-state index is 0.321. The molecule has 0 aliphatic heterocycles. The topological polar surface area (TPSA) is 106 Å². The first-order chi connectivity index (χ1) is 14.0. The van der Waals surface area contributed by atoms with Crippen LogP contribution in [0.15, 0.2) is 18.2 Å². The maximum atomic E-state index is 12.4. The molecule has 0 unspecified atom stereocenters. The van der Waals surface area contributed by atoms with Gasteiger partial charge in [0.15, 0.2) is 0 Å². The van der Waals surface area contributed by atoms with Gasteiger partial charge in [-0.3, -0.25) is 0 Å². The Kier molecular flexibility index (Phi) is 6.57.